The Kier molecular flexibility index (Phi) is 6.60. The van der Waals surface area contributed by atoms with Crippen molar-refractivity contribution in [2.45, 2.75) is 19.4 Å². The molecule has 0 bridgehead atoms. The van der Waals surface area contributed by atoms with Gasteiger partial charge in [-0.25, -0.2) is 14.6 Å². The van der Waals surface area contributed by atoms with Crippen LogP contribution in [0, 0.1) is 0 Å². The molecule has 0 amide bonds. The number of rotatable bonds is 7. The van der Waals surface area contributed by atoms with Crippen molar-refractivity contribution >= 4 is 34.5 Å². The number of allylic oxidation sites excluding steroid dienone is 1. The second-order valence-electron chi connectivity index (χ2n) is 8.69. The van der Waals surface area contributed by atoms with Gasteiger partial charge in [-0.1, -0.05) is 36.4 Å². The molecule has 0 aliphatic heterocycles. The smallest absolute Gasteiger partial charge is 0.337 e. The Morgan fingerprint density at radius 2 is 1.76 bits per heavy atom. The molecule has 3 aromatic carbocycles. The number of nitrogens with zero attached hydrogens (tertiary/aromatic N) is 1. The number of aromatic carboxylic acids is 1. The first-order valence-electron chi connectivity index (χ1n) is 11.8. The number of aromatic nitrogens is 1. The van der Waals surface area contributed by atoms with Crippen LogP contribution in [0.3, 0.4) is 0 Å². The van der Waals surface area contributed by atoms with E-state index < -0.39 is 5.97 Å². The Hall–Kier alpha value is -4.65. The molecule has 7 heteroatoms. The number of hydrogen-bond acceptors (Lipinski definition) is 6. The molecule has 1 aromatic heterocycles. The summed E-state index contributed by atoms with van der Waals surface area (Å²) in [4.78, 5) is 28.5. The van der Waals surface area contributed by atoms with Crippen LogP contribution >= 0.6 is 0 Å². The van der Waals surface area contributed by atoms with Gasteiger partial charge in [0.1, 0.15) is 6.61 Å². The molecule has 5 rings (SSSR count). The third-order valence-electron chi connectivity index (χ3n) is 6.45. The summed E-state index contributed by atoms with van der Waals surface area (Å²) in [6.07, 6.45) is 3.37. The molecule has 0 fully saturated rings. The van der Waals surface area contributed by atoms with Gasteiger partial charge in [0.15, 0.2) is 11.5 Å². The zero-order chi connectivity index (χ0) is 25.9. The summed E-state index contributed by atoms with van der Waals surface area (Å²) >= 11 is 0. The molecule has 1 N–H and O–H groups in total. The van der Waals surface area contributed by atoms with Crippen LogP contribution in [0.4, 0.5) is 0 Å². The third-order valence-corrected chi connectivity index (χ3v) is 6.45. The van der Waals surface area contributed by atoms with Crippen LogP contribution in [0.2, 0.25) is 0 Å². The second-order valence-corrected chi connectivity index (χ2v) is 8.69. The summed E-state index contributed by atoms with van der Waals surface area (Å²) < 4.78 is 16.3. The van der Waals surface area contributed by atoms with E-state index in [2.05, 4.69) is 0 Å². The summed E-state index contributed by atoms with van der Waals surface area (Å²) in [6, 6.07) is 20.1. The second kappa shape index (κ2) is 10.1. The lowest BCUT2D eigenvalue weighted by molar-refractivity contribution is 0.0599. The molecular weight excluding hydrogens is 470 g/mol. The Morgan fingerprint density at radius 3 is 2.49 bits per heavy atom. The summed E-state index contributed by atoms with van der Waals surface area (Å²) in [6.45, 7) is 0.306. The molecule has 0 saturated heterocycles. The number of carbonyl (C=O) groups excluding carboxylic acids is 1. The molecule has 37 heavy (non-hydrogen) atoms. The van der Waals surface area contributed by atoms with Gasteiger partial charge in [-0.2, -0.15) is 0 Å². The minimum atomic E-state index is -0.931. The Bertz CT molecular complexity index is 1540. The molecule has 0 spiro atoms. The number of ether oxygens (including phenoxy) is 3. The van der Waals surface area contributed by atoms with Gasteiger partial charge >= 0.3 is 11.9 Å². The average Bonchev–Trinajstić information content (AvgIpc) is 3.32. The molecule has 0 radical (unpaired) electrons. The molecule has 1 aliphatic rings. The first-order valence-corrected chi connectivity index (χ1v) is 11.8. The van der Waals surface area contributed by atoms with Gasteiger partial charge in [-0.15, -0.1) is 0 Å². The standard InChI is InChI=1S/C30H25NO6/c1-35-26-16-19(9-14-25(26)37-17-18-7-10-20(11-8-18)30(34)36-2)15-21-12-13-23-27(29(32)33)22-5-3-4-6-24(22)31-28(21)23/h3-11,14-16H,12-13,17H2,1-2H3,(H,32,33). The van der Waals surface area contributed by atoms with Gasteiger partial charge in [-0.3, -0.25) is 0 Å². The lowest BCUT2D eigenvalue weighted by Gasteiger charge is -2.12. The van der Waals surface area contributed by atoms with Gasteiger partial charge in [0.05, 0.1) is 36.6 Å². The number of hydrogen-bond donors (Lipinski definition) is 1. The lowest BCUT2D eigenvalue weighted by Crippen LogP contribution is -2.05. The Morgan fingerprint density at radius 1 is 0.973 bits per heavy atom. The van der Waals surface area contributed by atoms with Crippen molar-refractivity contribution in [3.05, 3.63) is 100 Å². The van der Waals surface area contributed by atoms with E-state index in [1.807, 2.05) is 60.7 Å². The van der Waals surface area contributed by atoms with E-state index in [4.69, 9.17) is 19.2 Å². The fourth-order valence-electron chi connectivity index (χ4n) is 4.63. The molecule has 0 unspecified atom stereocenters. The van der Waals surface area contributed by atoms with Crippen molar-refractivity contribution in [1.29, 1.82) is 0 Å². The number of benzene rings is 3. The van der Waals surface area contributed by atoms with Crippen molar-refractivity contribution in [2.24, 2.45) is 0 Å². The van der Waals surface area contributed by atoms with E-state index in [0.29, 0.717) is 53.0 Å². The number of carboxylic acids is 1. The maximum absolute atomic E-state index is 12.1. The summed E-state index contributed by atoms with van der Waals surface area (Å²) in [5.74, 6) is -0.146. The lowest BCUT2D eigenvalue weighted by atomic mass is 10.0. The summed E-state index contributed by atoms with van der Waals surface area (Å²) in [5, 5.41) is 10.6. The molecule has 1 heterocycles. The van der Waals surface area contributed by atoms with Crippen LogP contribution in [-0.2, 0) is 17.8 Å². The topological polar surface area (TPSA) is 95.0 Å². The first kappa shape index (κ1) is 24.1. The number of carboxylic acid groups (broad SMARTS) is 1. The highest BCUT2D eigenvalue weighted by Crippen LogP contribution is 2.38. The van der Waals surface area contributed by atoms with E-state index >= 15 is 0 Å². The van der Waals surface area contributed by atoms with Crippen molar-refractivity contribution in [3.63, 3.8) is 0 Å². The quantitative estimate of drug-likeness (QED) is 0.324. The van der Waals surface area contributed by atoms with Crippen LogP contribution in [0.25, 0.3) is 22.6 Å². The number of carbonyl (C=O) groups is 2. The minimum Gasteiger partial charge on any atom is -0.493 e. The van der Waals surface area contributed by atoms with Crippen molar-refractivity contribution in [3.8, 4) is 11.5 Å². The van der Waals surface area contributed by atoms with Gasteiger partial charge in [0, 0.05) is 5.39 Å². The van der Waals surface area contributed by atoms with E-state index in [1.165, 1.54) is 7.11 Å². The number of esters is 1. The first-order chi connectivity index (χ1) is 18.0. The van der Waals surface area contributed by atoms with E-state index in [-0.39, 0.29) is 5.97 Å². The van der Waals surface area contributed by atoms with Gasteiger partial charge < -0.3 is 19.3 Å². The highest BCUT2D eigenvalue weighted by molar-refractivity contribution is 6.06. The number of methoxy groups -OCH3 is 2. The van der Waals surface area contributed by atoms with Crippen LogP contribution in [0.5, 0.6) is 11.5 Å². The Balaban J connectivity index is 1.40. The maximum atomic E-state index is 12.1. The third kappa shape index (κ3) is 4.76. The molecule has 4 aromatic rings. The van der Waals surface area contributed by atoms with Gasteiger partial charge in [0.2, 0.25) is 0 Å². The largest absolute Gasteiger partial charge is 0.493 e. The van der Waals surface area contributed by atoms with Crippen LogP contribution in [-0.4, -0.2) is 36.2 Å². The van der Waals surface area contributed by atoms with Crippen LogP contribution in [0.15, 0.2) is 66.7 Å². The average molecular weight is 496 g/mol. The molecule has 0 saturated carbocycles. The number of pyridine rings is 1. The normalized spacial score (nSPS) is 13.4. The van der Waals surface area contributed by atoms with Crippen molar-refractivity contribution < 1.29 is 28.9 Å². The molecule has 7 nitrogen and oxygen atoms in total. The fraction of sp³-hybridized carbons (Fsp3) is 0.167. The number of para-hydroxylation sites is 1. The zero-order valence-corrected chi connectivity index (χ0v) is 20.5. The highest BCUT2D eigenvalue weighted by Gasteiger charge is 2.26. The number of fused-ring (bicyclic) bond motifs is 2. The van der Waals surface area contributed by atoms with Gasteiger partial charge in [-0.05, 0) is 71.5 Å². The molecule has 1 aliphatic carbocycles. The monoisotopic (exact) mass is 495 g/mol. The van der Waals surface area contributed by atoms with Crippen LogP contribution < -0.4 is 9.47 Å². The summed E-state index contributed by atoms with van der Waals surface area (Å²) in [7, 11) is 2.93. The Labute approximate surface area is 213 Å². The predicted molar refractivity (Wildman–Crippen MR) is 140 cm³/mol. The van der Waals surface area contributed by atoms with Crippen molar-refractivity contribution in [1.82, 2.24) is 4.98 Å². The minimum absolute atomic E-state index is 0.306. The van der Waals surface area contributed by atoms with E-state index in [1.54, 1.807) is 19.2 Å². The molecule has 0 atom stereocenters. The predicted octanol–water partition coefficient (Wildman–Crippen LogP) is 5.79. The van der Waals surface area contributed by atoms with E-state index in [0.717, 1.165) is 28.0 Å². The summed E-state index contributed by atoms with van der Waals surface area (Å²) in [5.41, 5.74) is 5.81. The SMILES string of the molecule is COC(=O)c1ccc(COc2ccc(C=C3CCc4c3nc3ccccc3c4C(=O)O)cc2OC)cc1. The molecular formula is C30H25NO6. The van der Waals surface area contributed by atoms with E-state index in [9.17, 15) is 14.7 Å². The molecule has 186 valence electrons. The van der Waals surface area contributed by atoms with Crippen molar-refractivity contribution in [2.75, 3.05) is 14.2 Å². The van der Waals surface area contributed by atoms with Crippen LogP contribution in [0.1, 0.15) is 49.5 Å². The highest BCUT2D eigenvalue weighted by atomic mass is 16.5. The maximum Gasteiger partial charge on any atom is 0.337 e. The fourth-order valence-corrected chi connectivity index (χ4v) is 4.63. The zero-order valence-electron chi connectivity index (χ0n) is 20.5. The van der Waals surface area contributed by atoms with Gasteiger partial charge in [0.25, 0.3) is 0 Å².